The van der Waals surface area contributed by atoms with E-state index in [2.05, 4.69) is 15.6 Å². The van der Waals surface area contributed by atoms with Gasteiger partial charge in [0.25, 0.3) is 5.91 Å². The molecular formula is C18H23Cl2N3O2. The van der Waals surface area contributed by atoms with Crippen LogP contribution in [0.15, 0.2) is 48.8 Å². The molecule has 2 N–H and O–H groups in total. The highest BCUT2D eigenvalue weighted by molar-refractivity contribution is 5.94. The molecule has 1 amide bonds. The van der Waals surface area contributed by atoms with Crippen molar-refractivity contribution in [3.05, 3.63) is 54.4 Å². The second-order valence-electron chi connectivity index (χ2n) is 5.72. The van der Waals surface area contributed by atoms with Gasteiger partial charge in [-0.2, -0.15) is 0 Å². The monoisotopic (exact) mass is 383 g/mol. The van der Waals surface area contributed by atoms with Crippen LogP contribution in [-0.4, -0.2) is 30.5 Å². The Kier molecular flexibility index (Phi) is 9.27. The number of benzene rings is 1. The lowest BCUT2D eigenvalue weighted by Crippen LogP contribution is -2.26. The van der Waals surface area contributed by atoms with Gasteiger partial charge in [-0.1, -0.05) is 6.07 Å². The minimum Gasteiger partial charge on any atom is -0.457 e. The molecule has 1 fully saturated rings. The van der Waals surface area contributed by atoms with Crippen molar-refractivity contribution >= 4 is 30.7 Å². The van der Waals surface area contributed by atoms with Crippen LogP contribution in [0.3, 0.4) is 0 Å². The summed E-state index contributed by atoms with van der Waals surface area (Å²) >= 11 is 0. The first-order valence-corrected chi connectivity index (χ1v) is 7.98. The van der Waals surface area contributed by atoms with Crippen LogP contribution in [0, 0.1) is 5.92 Å². The molecule has 1 saturated heterocycles. The zero-order valence-corrected chi connectivity index (χ0v) is 15.4. The van der Waals surface area contributed by atoms with Crippen molar-refractivity contribution in [3.8, 4) is 11.5 Å². The number of pyridine rings is 1. The molecule has 0 radical (unpaired) electrons. The molecule has 25 heavy (non-hydrogen) atoms. The van der Waals surface area contributed by atoms with E-state index in [0.29, 0.717) is 29.5 Å². The summed E-state index contributed by atoms with van der Waals surface area (Å²) < 4.78 is 5.73. The number of hydrogen-bond acceptors (Lipinski definition) is 4. The predicted octanol–water partition coefficient (Wildman–Crippen LogP) is 3.45. The summed E-state index contributed by atoms with van der Waals surface area (Å²) in [5, 5.41) is 6.32. The molecule has 3 rings (SSSR count). The van der Waals surface area contributed by atoms with E-state index >= 15 is 0 Å². The van der Waals surface area contributed by atoms with Gasteiger partial charge in [-0.3, -0.25) is 9.78 Å². The summed E-state index contributed by atoms with van der Waals surface area (Å²) in [6.45, 7) is 2.86. The Morgan fingerprint density at radius 2 is 2.00 bits per heavy atom. The topological polar surface area (TPSA) is 63.2 Å². The average Bonchev–Trinajstić information content (AvgIpc) is 3.09. The third kappa shape index (κ3) is 6.53. The van der Waals surface area contributed by atoms with Gasteiger partial charge in [0.15, 0.2) is 0 Å². The number of rotatable bonds is 6. The van der Waals surface area contributed by atoms with Crippen LogP contribution in [0.2, 0.25) is 0 Å². The summed E-state index contributed by atoms with van der Waals surface area (Å²) in [7, 11) is 0. The van der Waals surface area contributed by atoms with Crippen molar-refractivity contribution in [2.24, 2.45) is 5.92 Å². The highest BCUT2D eigenvalue weighted by atomic mass is 35.5. The van der Waals surface area contributed by atoms with E-state index in [-0.39, 0.29) is 30.7 Å². The van der Waals surface area contributed by atoms with Crippen LogP contribution in [0.25, 0.3) is 0 Å². The number of nitrogens with one attached hydrogen (secondary N) is 2. The van der Waals surface area contributed by atoms with Gasteiger partial charge in [-0.05, 0) is 62.2 Å². The van der Waals surface area contributed by atoms with Crippen molar-refractivity contribution in [1.29, 1.82) is 0 Å². The van der Waals surface area contributed by atoms with Crippen LogP contribution < -0.4 is 15.4 Å². The van der Waals surface area contributed by atoms with E-state index in [0.717, 1.165) is 19.5 Å². The summed E-state index contributed by atoms with van der Waals surface area (Å²) in [5.74, 6) is 1.96. The molecule has 2 heterocycles. The maximum Gasteiger partial charge on any atom is 0.251 e. The van der Waals surface area contributed by atoms with Gasteiger partial charge in [0.05, 0.1) is 0 Å². The molecule has 0 aliphatic carbocycles. The third-order valence-corrected chi connectivity index (χ3v) is 3.98. The Hall–Kier alpha value is -1.82. The van der Waals surface area contributed by atoms with Crippen molar-refractivity contribution in [1.82, 2.24) is 15.6 Å². The number of halogens is 2. The van der Waals surface area contributed by atoms with Crippen LogP contribution in [0.1, 0.15) is 23.2 Å². The minimum absolute atomic E-state index is 0. The Labute approximate surface area is 160 Å². The quantitative estimate of drug-likeness (QED) is 0.801. The highest BCUT2D eigenvalue weighted by Crippen LogP contribution is 2.21. The zero-order chi connectivity index (χ0) is 15.9. The Balaban J connectivity index is 0.00000156. The van der Waals surface area contributed by atoms with Gasteiger partial charge in [0.2, 0.25) is 0 Å². The SMILES string of the molecule is Cl.Cl.O=C(NCCC1CCNC1)c1cccc(Oc2ccncc2)c1. The lowest BCUT2D eigenvalue weighted by Gasteiger charge is -2.10. The van der Waals surface area contributed by atoms with Gasteiger partial charge in [-0.15, -0.1) is 24.8 Å². The van der Waals surface area contributed by atoms with E-state index in [1.165, 1.54) is 6.42 Å². The standard InChI is InChI=1S/C18H21N3O2.2ClH/c22-18(21-11-5-14-4-8-20-13-14)15-2-1-3-17(12-15)23-16-6-9-19-10-7-16;;/h1-3,6-7,9-10,12,14,20H,4-5,8,11,13H2,(H,21,22);2*1H. The van der Waals surface area contributed by atoms with E-state index in [1.54, 1.807) is 36.7 Å². The summed E-state index contributed by atoms with van der Waals surface area (Å²) in [5.41, 5.74) is 0.612. The van der Waals surface area contributed by atoms with Gasteiger partial charge >= 0.3 is 0 Å². The van der Waals surface area contributed by atoms with Crippen LogP contribution in [0.5, 0.6) is 11.5 Å². The summed E-state index contributed by atoms with van der Waals surface area (Å²) in [6.07, 6.45) is 5.56. The number of amides is 1. The lowest BCUT2D eigenvalue weighted by molar-refractivity contribution is 0.0951. The molecule has 1 aliphatic heterocycles. The Bertz CT molecular complexity index is 650. The minimum atomic E-state index is -0.0591. The molecule has 1 aliphatic rings. The van der Waals surface area contributed by atoms with Crippen molar-refractivity contribution in [2.75, 3.05) is 19.6 Å². The molecule has 1 unspecified atom stereocenters. The van der Waals surface area contributed by atoms with E-state index < -0.39 is 0 Å². The Morgan fingerprint density at radius 3 is 2.72 bits per heavy atom. The smallest absolute Gasteiger partial charge is 0.251 e. The maximum atomic E-state index is 12.2. The average molecular weight is 384 g/mol. The summed E-state index contributed by atoms with van der Waals surface area (Å²) in [6, 6.07) is 10.8. The predicted molar refractivity (Wildman–Crippen MR) is 103 cm³/mol. The Morgan fingerprint density at radius 1 is 1.20 bits per heavy atom. The number of aromatic nitrogens is 1. The lowest BCUT2D eigenvalue weighted by atomic mass is 10.1. The van der Waals surface area contributed by atoms with Gasteiger partial charge in [0.1, 0.15) is 11.5 Å². The van der Waals surface area contributed by atoms with Crippen LogP contribution >= 0.6 is 24.8 Å². The fourth-order valence-electron chi connectivity index (χ4n) is 2.70. The largest absolute Gasteiger partial charge is 0.457 e. The number of nitrogens with zero attached hydrogens (tertiary/aromatic N) is 1. The van der Waals surface area contributed by atoms with Gasteiger partial charge in [0, 0.05) is 24.5 Å². The molecule has 7 heteroatoms. The molecule has 0 saturated carbocycles. The highest BCUT2D eigenvalue weighted by Gasteiger charge is 2.14. The molecule has 0 bridgehead atoms. The zero-order valence-electron chi connectivity index (χ0n) is 13.8. The van der Waals surface area contributed by atoms with Crippen molar-refractivity contribution in [2.45, 2.75) is 12.8 Å². The molecule has 1 atom stereocenters. The van der Waals surface area contributed by atoms with Crippen LogP contribution in [-0.2, 0) is 0 Å². The first-order valence-electron chi connectivity index (χ1n) is 7.98. The van der Waals surface area contributed by atoms with Crippen LogP contribution in [0.4, 0.5) is 0 Å². The fraction of sp³-hybridized carbons (Fsp3) is 0.333. The normalized spacial score (nSPS) is 15.6. The molecule has 136 valence electrons. The summed E-state index contributed by atoms with van der Waals surface area (Å²) in [4.78, 5) is 16.2. The fourth-order valence-corrected chi connectivity index (χ4v) is 2.70. The van der Waals surface area contributed by atoms with Gasteiger partial charge < -0.3 is 15.4 Å². The second-order valence-corrected chi connectivity index (χ2v) is 5.72. The molecule has 0 spiro atoms. The molecule has 5 nitrogen and oxygen atoms in total. The molecule has 2 aromatic rings. The second kappa shape index (κ2) is 10.9. The molecular weight excluding hydrogens is 361 g/mol. The molecule has 1 aromatic heterocycles. The molecule has 1 aromatic carbocycles. The first-order chi connectivity index (χ1) is 11.3. The number of carbonyl (C=O) groups excluding carboxylic acids is 1. The van der Waals surface area contributed by atoms with E-state index in [1.807, 2.05) is 12.1 Å². The number of hydrogen-bond donors (Lipinski definition) is 2. The van der Waals surface area contributed by atoms with Crippen molar-refractivity contribution in [3.63, 3.8) is 0 Å². The van der Waals surface area contributed by atoms with E-state index in [9.17, 15) is 4.79 Å². The van der Waals surface area contributed by atoms with E-state index in [4.69, 9.17) is 4.74 Å². The van der Waals surface area contributed by atoms with Gasteiger partial charge in [-0.25, -0.2) is 0 Å². The maximum absolute atomic E-state index is 12.2. The number of carbonyl (C=O) groups is 1. The number of ether oxygens (including phenoxy) is 1. The third-order valence-electron chi connectivity index (χ3n) is 3.98. The van der Waals surface area contributed by atoms with Crippen molar-refractivity contribution < 1.29 is 9.53 Å². The first kappa shape index (κ1) is 21.2.